The van der Waals surface area contributed by atoms with Gasteiger partial charge >= 0.3 is 0 Å². The Hall–Kier alpha value is -1.04. The zero-order valence-electron chi connectivity index (χ0n) is 12.5. The van der Waals surface area contributed by atoms with Crippen LogP contribution in [0.1, 0.15) is 37.8 Å². The van der Waals surface area contributed by atoms with Crippen molar-refractivity contribution in [2.45, 2.75) is 38.3 Å². The Morgan fingerprint density at radius 1 is 1.29 bits per heavy atom. The zero-order valence-corrected chi connectivity index (χ0v) is 12.5. The third-order valence-corrected chi connectivity index (χ3v) is 4.14. The van der Waals surface area contributed by atoms with Gasteiger partial charge in [0, 0.05) is 31.3 Å². The van der Waals surface area contributed by atoms with Crippen LogP contribution >= 0.6 is 0 Å². The lowest BCUT2D eigenvalue weighted by Crippen LogP contribution is -2.39. The molecule has 1 heterocycles. The van der Waals surface area contributed by atoms with Gasteiger partial charge in [0.1, 0.15) is 11.6 Å². The molecule has 2 rings (SSSR count). The number of hydrogen-bond acceptors (Lipinski definition) is 3. The molecule has 0 aliphatic carbocycles. The Morgan fingerprint density at radius 3 is 2.48 bits per heavy atom. The van der Waals surface area contributed by atoms with Gasteiger partial charge in [-0.15, -0.1) is 0 Å². The second kappa shape index (κ2) is 7.82. The highest BCUT2D eigenvalue weighted by molar-refractivity contribution is 5.23. The minimum absolute atomic E-state index is 0.167. The van der Waals surface area contributed by atoms with Crippen LogP contribution in [0.2, 0.25) is 0 Å². The van der Waals surface area contributed by atoms with Gasteiger partial charge in [0.15, 0.2) is 0 Å². The minimum atomic E-state index is -0.469. The van der Waals surface area contributed by atoms with Gasteiger partial charge in [0.2, 0.25) is 0 Å². The smallest absolute Gasteiger partial charge is 0.130 e. The maximum Gasteiger partial charge on any atom is 0.130 e. The van der Waals surface area contributed by atoms with E-state index in [0.29, 0.717) is 13.2 Å². The predicted octanol–water partition coefficient (Wildman–Crippen LogP) is 2.86. The van der Waals surface area contributed by atoms with Crippen LogP contribution in [0.4, 0.5) is 8.78 Å². The summed E-state index contributed by atoms with van der Waals surface area (Å²) in [6, 6.07) is 3.78. The maximum atomic E-state index is 13.8. The Bertz CT molecular complexity index is 428. The largest absolute Gasteiger partial charge is 0.378 e. The first-order valence-electron chi connectivity index (χ1n) is 7.63. The molecule has 0 radical (unpaired) electrons. The van der Waals surface area contributed by atoms with Crippen molar-refractivity contribution in [3.8, 4) is 0 Å². The second-order valence-corrected chi connectivity index (χ2v) is 5.56. The van der Waals surface area contributed by atoms with E-state index in [1.807, 2.05) is 6.92 Å². The fraction of sp³-hybridized carbons (Fsp3) is 0.625. The van der Waals surface area contributed by atoms with Gasteiger partial charge in [-0.05, 0) is 44.9 Å². The first-order chi connectivity index (χ1) is 10.1. The van der Waals surface area contributed by atoms with E-state index in [1.165, 1.54) is 18.2 Å². The van der Waals surface area contributed by atoms with Crippen LogP contribution in [0.5, 0.6) is 0 Å². The Kier molecular flexibility index (Phi) is 6.08. The van der Waals surface area contributed by atoms with E-state index in [9.17, 15) is 8.78 Å². The van der Waals surface area contributed by atoms with Gasteiger partial charge < -0.3 is 10.5 Å². The summed E-state index contributed by atoms with van der Waals surface area (Å²) in [6.07, 6.45) is 2.90. The SMILES string of the molecule is CC(c1c(F)cccc1F)N1CCC(OCCCN)CC1. The van der Waals surface area contributed by atoms with Gasteiger partial charge in [-0.2, -0.15) is 0 Å². The van der Waals surface area contributed by atoms with Crippen molar-refractivity contribution < 1.29 is 13.5 Å². The lowest BCUT2D eigenvalue weighted by Gasteiger charge is -2.36. The highest BCUT2D eigenvalue weighted by Crippen LogP contribution is 2.28. The molecule has 1 aromatic rings. The van der Waals surface area contributed by atoms with Crippen LogP contribution in [0.15, 0.2) is 18.2 Å². The number of nitrogens with zero attached hydrogens (tertiary/aromatic N) is 1. The molecule has 3 nitrogen and oxygen atoms in total. The van der Waals surface area contributed by atoms with Gasteiger partial charge in [0.05, 0.1) is 6.10 Å². The zero-order chi connectivity index (χ0) is 15.2. The first-order valence-corrected chi connectivity index (χ1v) is 7.63. The molecule has 2 N–H and O–H groups in total. The summed E-state index contributed by atoms with van der Waals surface area (Å²) in [5.74, 6) is -0.937. The van der Waals surface area contributed by atoms with Crippen molar-refractivity contribution in [2.75, 3.05) is 26.2 Å². The summed E-state index contributed by atoms with van der Waals surface area (Å²) in [6.45, 7) is 4.78. The average molecular weight is 298 g/mol. The van der Waals surface area contributed by atoms with Crippen LogP contribution in [0, 0.1) is 11.6 Å². The van der Waals surface area contributed by atoms with E-state index in [1.54, 1.807) is 0 Å². The van der Waals surface area contributed by atoms with E-state index in [2.05, 4.69) is 4.90 Å². The standard InChI is InChI=1S/C16H24F2N2O/c1-12(16-14(17)4-2-5-15(16)18)20-9-6-13(7-10-20)21-11-3-8-19/h2,4-5,12-13H,3,6-11,19H2,1H3. The molecule has 1 aliphatic rings. The summed E-state index contributed by atoms with van der Waals surface area (Å²) >= 11 is 0. The highest BCUT2D eigenvalue weighted by Gasteiger charge is 2.27. The predicted molar refractivity (Wildman–Crippen MR) is 79.0 cm³/mol. The minimum Gasteiger partial charge on any atom is -0.378 e. The van der Waals surface area contributed by atoms with E-state index in [0.717, 1.165) is 32.4 Å². The summed E-state index contributed by atoms with van der Waals surface area (Å²) in [4.78, 5) is 2.12. The van der Waals surface area contributed by atoms with Crippen molar-refractivity contribution in [1.82, 2.24) is 4.90 Å². The van der Waals surface area contributed by atoms with Crippen LogP contribution < -0.4 is 5.73 Å². The van der Waals surface area contributed by atoms with Crippen LogP contribution in [0.3, 0.4) is 0 Å². The molecule has 5 heteroatoms. The average Bonchev–Trinajstić information content (AvgIpc) is 2.48. The van der Waals surface area contributed by atoms with Crippen molar-refractivity contribution in [2.24, 2.45) is 5.73 Å². The van der Waals surface area contributed by atoms with Crippen LogP contribution in [0.25, 0.3) is 0 Å². The molecular formula is C16H24F2N2O. The van der Waals surface area contributed by atoms with Crippen LogP contribution in [-0.2, 0) is 4.74 Å². The molecule has 1 aromatic carbocycles. The fourth-order valence-corrected chi connectivity index (χ4v) is 2.86. The number of hydrogen-bond donors (Lipinski definition) is 1. The molecule has 0 bridgehead atoms. The number of benzene rings is 1. The molecule has 1 aliphatic heterocycles. The maximum absolute atomic E-state index is 13.8. The number of likely N-dealkylation sites (tertiary alicyclic amines) is 1. The molecule has 0 spiro atoms. The fourth-order valence-electron chi connectivity index (χ4n) is 2.86. The molecular weight excluding hydrogens is 274 g/mol. The first kappa shape index (κ1) is 16.3. The molecule has 21 heavy (non-hydrogen) atoms. The molecule has 0 amide bonds. The monoisotopic (exact) mass is 298 g/mol. The van der Waals surface area contributed by atoms with Crippen molar-refractivity contribution in [3.63, 3.8) is 0 Å². The molecule has 1 fully saturated rings. The Balaban J connectivity index is 1.90. The Morgan fingerprint density at radius 2 is 1.90 bits per heavy atom. The van der Waals surface area contributed by atoms with Crippen molar-refractivity contribution in [1.29, 1.82) is 0 Å². The van der Waals surface area contributed by atoms with E-state index < -0.39 is 11.6 Å². The number of halogens is 2. The normalized spacial score (nSPS) is 18.9. The summed E-state index contributed by atoms with van der Waals surface area (Å²) in [7, 11) is 0. The van der Waals surface area contributed by atoms with E-state index in [-0.39, 0.29) is 17.7 Å². The Labute approximate surface area is 125 Å². The van der Waals surface area contributed by atoms with Crippen molar-refractivity contribution in [3.05, 3.63) is 35.4 Å². The van der Waals surface area contributed by atoms with E-state index in [4.69, 9.17) is 10.5 Å². The molecule has 1 saturated heterocycles. The number of ether oxygens (including phenoxy) is 1. The lowest BCUT2D eigenvalue weighted by atomic mass is 10.0. The molecule has 118 valence electrons. The van der Waals surface area contributed by atoms with Gasteiger partial charge in [-0.25, -0.2) is 8.78 Å². The van der Waals surface area contributed by atoms with Crippen LogP contribution in [-0.4, -0.2) is 37.2 Å². The van der Waals surface area contributed by atoms with E-state index >= 15 is 0 Å². The number of piperidine rings is 1. The summed E-state index contributed by atoms with van der Waals surface area (Å²) in [5.41, 5.74) is 5.61. The molecule has 1 unspecified atom stereocenters. The topological polar surface area (TPSA) is 38.5 Å². The molecule has 0 saturated carbocycles. The molecule has 0 aromatic heterocycles. The summed E-state index contributed by atoms with van der Waals surface area (Å²) < 4.78 is 33.4. The highest BCUT2D eigenvalue weighted by atomic mass is 19.1. The second-order valence-electron chi connectivity index (χ2n) is 5.56. The molecule has 1 atom stereocenters. The third-order valence-electron chi connectivity index (χ3n) is 4.14. The van der Waals surface area contributed by atoms with Gasteiger partial charge in [0.25, 0.3) is 0 Å². The number of nitrogens with two attached hydrogens (primary N) is 1. The third kappa shape index (κ3) is 4.22. The van der Waals surface area contributed by atoms with Gasteiger partial charge in [-0.3, -0.25) is 4.90 Å². The summed E-state index contributed by atoms with van der Waals surface area (Å²) in [5, 5.41) is 0. The quantitative estimate of drug-likeness (QED) is 0.821. The van der Waals surface area contributed by atoms with Crippen molar-refractivity contribution >= 4 is 0 Å². The lowest BCUT2D eigenvalue weighted by molar-refractivity contribution is -0.00134. The van der Waals surface area contributed by atoms with Gasteiger partial charge in [-0.1, -0.05) is 6.07 Å². The number of rotatable bonds is 6.